The average Bonchev–Trinajstić information content (AvgIpc) is 2.73. The molecule has 1 atom stereocenters. The molecule has 2 aromatic rings. The van der Waals surface area contributed by atoms with Gasteiger partial charge in [-0.3, -0.25) is 14.5 Å². The lowest BCUT2D eigenvalue weighted by Gasteiger charge is -2.39. The van der Waals surface area contributed by atoms with Crippen LogP contribution in [0.25, 0.3) is 0 Å². The number of alkyl halides is 3. The Balaban J connectivity index is 1.83. The van der Waals surface area contributed by atoms with Gasteiger partial charge in [-0.25, -0.2) is 8.42 Å². The van der Waals surface area contributed by atoms with Crippen LogP contribution in [-0.2, 0) is 20.8 Å². The van der Waals surface area contributed by atoms with Gasteiger partial charge in [0, 0.05) is 18.5 Å². The lowest BCUT2D eigenvalue weighted by Crippen LogP contribution is -2.50. The molecule has 0 aliphatic carbocycles. The van der Waals surface area contributed by atoms with Gasteiger partial charge in [0.25, 0.3) is 5.91 Å². The van der Waals surface area contributed by atoms with Crippen LogP contribution in [0.2, 0.25) is 0 Å². The molecular formula is C22H22F3NO4S. The molecule has 2 amide bonds. The highest BCUT2D eigenvalue weighted by Gasteiger charge is 2.47. The van der Waals surface area contributed by atoms with Crippen molar-refractivity contribution in [3.8, 4) is 0 Å². The SMILES string of the molecule is CC(C)(C1CCN(C(=O)c2ccccc2)C(=O)C1)S(=O)(=O)c1cccc(C(F)(F)F)c1. The Morgan fingerprint density at radius 3 is 2.26 bits per heavy atom. The molecule has 3 rings (SSSR count). The predicted octanol–water partition coefficient (Wildman–Crippen LogP) is 4.34. The number of amides is 2. The van der Waals surface area contributed by atoms with Gasteiger partial charge in [-0.2, -0.15) is 13.2 Å². The number of hydrogen-bond acceptors (Lipinski definition) is 4. The summed E-state index contributed by atoms with van der Waals surface area (Å²) in [5, 5.41) is 0. The number of likely N-dealkylation sites (tertiary alicyclic amines) is 1. The highest BCUT2D eigenvalue weighted by atomic mass is 32.2. The van der Waals surface area contributed by atoms with Gasteiger partial charge >= 0.3 is 6.18 Å². The fraction of sp³-hybridized carbons (Fsp3) is 0.364. The number of hydrogen-bond donors (Lipinski definition) is 0. The number of halogens is 3. The smallest absolute Gasteiger partial charge is 0.278 e. The molecule has 0 aromatic heterocycles. The fourth-order valence-electron chi connectivity index (χ4n) is 3.74. The molecule has 1 unspecified atom stereocenters. The zero-order chi connectivity index (χ0) is 23.0. The van der Waals surface area contributed by atoms with Crippen molar-refractivity contribution >= 4 is 21.7 Å². The zero-order valence-corrected chi connectivity index (χ0v) is 17.8. The largest absolute Gasteiger partial charge is 0.416 e. The summed E-state index contributed by atoms with van der Waals surface area (Å²) in [7, 11) is -4.19. The van der Waals surface area contributed by atoms with Crippen LogP contribution in [0.15, 0.2) is 59.5 Å². The van der Waals surface area contributed by atoms with E-state index in [0.717, 1.165) is 23.1 Å². The second-order valence-corrected chi connectivity index (χ2v) is 10.6. The highest BCUT2D eigenvalue weighted by molar-refractivity contribution is 7.92. The third kappa shape index (κ3) is 4.37. The topological polar surface area (TPSA) is 71.5 Å². The number of carbonyl (C=O) groups excluding carboxylic acids is 2. The Labute approximate surface area is 178 Å². The van der Waals surface area contributed by atoms with Crippen LogP contribution in [0.4, 0.5) is 13.2 Å². The first kappa shape index (κ1) is 23.0. The molecule has 0 radical (unpaired) electrons. The van der Waals surface area contributed by atoms with E-state index < -0.39 is 49.0 Å². The van der Waals surface area contributed by atoms with E-state index in [1.807, 2.05) is 0 Å². The minimum absolute atomic E-state index is 0.0404. The maximum absolute atomic E-state index is 13.2. The number of rotatable bonds is 4. The maximum atomic E-state index is 13.2. The van der Waals surface area contributed by atoms with E-state index in [-0.39, 0.29) is 19.4 Å². The summed E-state index contributed by atoms with van der Waals surface area (Å²) in [6, 6.07) is 11.9. The molecule has 31 heavy (non-hydrogen) atoms. The number of benzene rings is 2. The van der Waals surface area contributed by atoms with E-state index in [0.29, 0.717) is 11.6 Å². The molecule has 1 saturated heterocycles. The molecule has 1 aliphatic rings. The third-order valence-corrected chi connectivity index (χ3v) is 8.43. The van der Waals surface area contributed by atoms with Gasteiger partial charge in [-0.15, -0.1) is 0 Å². The first-order chi connectivity index (χ1) is 14.4. The van der Waals surface area contributed by atoms with Crippen LogP contribution in [0.3, 0.4) is 0 Å². The standard InChI is InChI=1S/C22H22F3NO4S/c1-21(2,31(29,30)18-10-6-9-17(13-18)22(23,24)25)16-11-12-26(19(27)14-16)20(28)15-7-4-3-5-8-15/h3-10,13,16H,11-12,14H2,1-2H3. The lowest BCUT2D eigenvalue weighted by atomic mass is 9.85. The Hall–Kier alpha value is -2.68. The van der Waals surface area contributed by atoms with Gasteiger partial charge in [0.1, 0.15) is 0 Å². The van der Waals surface area contributed by atoms with Gasteiger partial charge in [0.05, 0.1) is 15.2 Å². The van der Waals surface area contributed by atoms with Gasteiger partial charge in [0.15, 0.2) is 9.84 Å². The molecule has 5 nitrogen and oxygen atoms in total. The first-order valence-electron chi connectivity index (χ1n) is 9.67. The summed E-state index contributed by atoms with van der Waals surface area (Å²) in [6.07, 6.45) is -4.63. The predicted molar refractivity (Wildman–Crippen MR) is 108 cm³/mol. The van der Waals surface area contributed by atoms with Crippen molar-refractivity contribution in [2.45, 2.75) is 42.5 Å². The van der Waals surface area contributed by atoms with Crippen LogP contribution in [-0.4, -0.2) is 36.4 Å². The molecule has 0 bridgehead atoms. The fourth-order valence-corrected chi connectivity index (χ4v) is 5.53. The number of carbonyl (C=O) groups is 2. The molecule has 2 aromatic carbocycles. The summed E-state index contributed by atoms with van der Waals surface area (Å²) in [5.74, 6) is -1.61. The summed E-state index contributed by atoms with van der Waals surface area (Å²) in [6.45, 7) is 2.86. The van der Waals surface area contributed by atoms with E-state index in [1.54, 1.807) is 30.3 Å². The van der Waals surface area contributed by atoms with E-state index in [9.17, 15) is 31.2 Å². The molecule has 0 spiro atoms. The van der Waals surface area contributed by atoms with E-state index >= 15 is 0 Å². The van der Waals surface area contributed by atoms with Crippen LogP contribution in [0, 0.1) is 5.92 Å². The molecule has 9 heteroatoms. The van der Waals surface area contributed by atoms with Crippen molar-refractivity contribution < 1.29 is 31.2 Å². The highest BCUT2D eigenvalue weighted by Crippen LogP contribution is 2.40. The summed E-state index contributed by atoms with van der Waals surface area (Å²) >= 11 is 0. The number of piperidine rings is 1. The third-order valence-electron chi connectivity index (χ3n) is 5.84. The Morgan fingerprint density at radius 2 is 1.68 bits per heavy atom. The lowest BCUT2D eigenvalue weighted by molar-refractivity contribution is -0.137. The molecule has 1 fully saturated rings. The number of sulfone groups is 1. The Bertz CT molecular complexity index is 1100. The van der Waals surface area contributed by atoms with Crippen molar-refractivity contribution in [2.24, 2.45) is 5.92 Å². The number of imide groups is 1. The van der Waals surface area contributed by atoms with Crippen molar-refractivity contribution in [2.75, 3.05) is 6.54 Å². The minimum atomic E-state index is -4.67. The van der Waals surface area contributed by atoms with Crippen LogP contribution in [0.5, 0.6) is 0 Å². The monoisotopic (exact) mass is 453 g/mol. The molecule has 1 heterocycles. The van der Waals surface area contributed by atoms with Crippen LogP contribution in [0.1, 0.15) is 42.6 Å². The second-order valence-electron chi connectivity index (χ2n) is 8.04. The van der Waals surface area contributed by atoms with E-state index in [2.05, 4.69) is 0 Å². The number of nitrogens with zero attached hydrogens (tertiary/aromatic N) is 1. The summed E-state index contributed by atoms with van der Waals surface area (Å²) < 4.78 is 64.0. The summed E-state index contributed by atoms with van der Waals surface area (Å²) in [4.78, 5) is 25.9. The Kier molecular flexibility index (Phi) is 6.01. The first-order valence-corrected chi connectivity index (χ1v) is 11.2. The zero-order valence-electron chi connectivity index (χ0n) is 17.0. The van der Waals surface area contributed by atoms with E-state index in [1.165, 1.54) is 13.8 Å². The van der Waals surface area contributed by atoms with Gasteiger partial charge < -0.3 is 0 Å². The van der Waals surface area contributed by atoms with Gasteiger partial charge in [-0.1, -0.05) is 24.3 Å². The van der Waals surface area contributed by atoms with Crippen molar-refractivity contribution in [3.05, 3.63) is 65.7 Å². The van der Waals surface area contributed by atoms with Crippen molar-refractivity contribution in [1.29, 1.82) is 0 Å². The van der Waals surface area contributed by atoms with Crippen molar-refractivity contribution in [1.82, 2.24) is 4.90 Å². The van der Waals surface area contributed by atoms with Crippen molar-refractivity contribution in [3.63, 3.8) is 0 Å². The molecule has 0 N–H and O–H groups in total. The van der Waals surface area contributed by atoms with E-state index in [4.69, 9.17) is 0 Å². The molecular weight excluding hydrogens is 431 g/mol. The normalized spacial score (nSPS) is 18.2. The molecule has 166 valence electrons. The van der Waals surface area contributed by atoms with Crippen LogP contribution >= 0.6 is 0 Å². The van der Waals surface area contributed by atoms with Gasteiger partial charge in [-0.05, 0) is 56.5 Å². The summed E-state index contributed by atoms with van der Waals surface area (Å²) in [5.41, 5.74) is -0.700. The Morgan fingerprint density at radius 1 is 1.03 bits per heavy atom. The second kappa shape index (κ2) is 8.11. The molecule has 1 aliphatic heterocycles. The average molecular weight is 453 g/mol. The van der Waals surface area contributed by atoms with Gasteiger partial charge in [0.2, 0.25) is 5.91 Å². The maximum Gasteiger partial charge on any atom is 0.416 e. The molecule has 0 saturated carbocycles. The van der Waals surface area contributed by atoms with Crippen LogP contribution < -0.4 is 0 Å². The minimum Gasteiger partial charge on any atom is -0.278 e. The quantitative estimate of drug-likeness (QED) is 0.646.